The Morgan fingerprint density at radius 2 is 1.86 bits per heavy atom. The quantitative estimate of drug-likeness (QED) is 0.871. The van der Waals surface area contributed by atoms with Crippen LogP contribution in [0.2, 0.25) is 0 Å². The first-order valence-electron chi connectivity index (χ1n) is 8.08. The maximum absolute atomic E-state index is 12.4. The van der Waals surface area contributed by atoms with E-state index in [0.717, 1.165) is 32.5 Å². The molecular weight excluding hydrogens is 278 g/mol. The second-order valence-corrected chi connectivity index (χ2v) is 6.07. The number of rotatable bonds is 3. The van der Waals surface area contributed by atoms with Crippen LogP contribution in [0.15, 0.2) is 30.3 Å². The summed E-state index contributed by atoms with van der Waals surface area (Å²) >= 11 is 0. The molecule has 0 unspecified atom stereocenters. The van der Waals surface area contributed by atoms with E-state index >= 15 is 0 Å². The van der Waals surface area contributed by atoms with Crippen LogP contribution in [-0.2, 0) is 9.59 Å². The number of carbonyl (C=O) groups is 2. The van der Waals surface area contributed by atoms with Crippen molar-refractivity contribution in [3.05, 3.63) is 35.9 Å². The van der Waals surface area contributed by atoms with Crippen LogP contribution in [0.4, 0.5) is 0 Å². The van der Waals surface area contributed by atoms with Crippen molar-refractivity contribution in [1.82, 2.24) is 15.5 Å². The molecular formula is C17H23N3O2. The molecule has 0 spiro atoms. The molecule has 2 amide bonds. The van der Waals surface area contributed by atoms with Gasteiger partial charge in [0.2, 0.25) is 11.8 Å². The van der Waals surface area contributed by atoms with Crippen molar-refractivity contribution >= 4 is 11.8 Å². The number of nitrogens with one attached hydrogen (secondary N) is 2. The van der Waals surface area contributed by atoms with Crippen LogP contribution in [0.3, 0.4) is 0 Å². The zero-order chi connectivity index (χ0) is 15.4. The highest BCUT2D eigenvalue weighted by Crippen LogP contribution is 2.28. The predicted molar refractivity (Wildman–Crippen MR) is 84.4 cm³/mol. The van der Waals surface area contributed by atoms with Crippen molar-refractivity contribution in [2.24, 2.45) is 0 Å². The van der Waals surface area contributed by atoms with E-state index in [1.54, 1.807) is 0 Å². The summed E-state index contributed by atoms with van der Waals surface area (Å²) in [5, 5.41) is 5.91. The van der Waals surface area contributed by atoms with E-state index < -0.39 is 0 Å². The summed E-state index contributed by atoms with van der Waals surface area (Å²) < 4.78 is 0. The number of carbonyl (C=O) groups excluding carboxylic acids is 2. The fraction of sp³-hybridized carbons (Fsp3) is 0.529. The maximum Gasteiger partial charge on any atom is 0.237 e. The zero-order valence-electron chi connectivity index (χ0n) is 12.8. The summed E-state index contributed by atoms with van der Waals surface area (Å²) in [6.07, 6.45) is 2.27. The van der Waals surface area contributed by atoms with E-state index in [1.165, 1.54) is 5.56 Å². The summed E-state index contributed by atoms with van der Waals surface area (Å²) in [4.78, 5) is 26.0. The van der Waals surface area contributed by atoms with Gasteiger partial charge in [0.25, 0.3) is 0 Å². The van der Waals surface area contributed by atoms with E-state index in [2.05, 4.69) is 34.9 Å². The Balaban J connectivity index is 1.50. The number of nitrogens with zero attached hydrogens (tertiary/aromatic N) is 1. The minimum atomic E-state index is -0.368. The smallest absolute Gasteiger partial charge is 0.237 e. The molecule has 0 saturated carbocycles. The van der Waals surface area contributed by atoms with Gasteiger partial charge in [-0.25, -0.2) is 0 Å². The molecule has 0 radical (unpaired) electrons. The Morgan fingerprint density at radius 3 is 2.55 bits per heavy atom. The Morgan fingerprint density at radius 1 is 1.14 bits per heavy atom. The molecule has 2 fully saturated rings. The lowest BCUT2D eigenvalue weighted by atomic mass is 9.89. The fourth-order valence-corrected chi connectivity index (χ4v) is 3.30. The lowest BCUT2D eigenvalue weighted by Crippen LogP contribution is -2.54. The number of piperidine rings is 1. The van der Waals surface area contributed by atoms with Crippen molar-refractivity contribution < 1.29 is 9.59 Å². The number of likely N-dealkylation sites (tertiary alicyclic amines) is 1. The summed E-state index contributed by atoms with van der Waals surface area (Å²) in [5.74, 6) is 0.571. The molecule has 0 aromatic heterocycles. The molecule has 22 heavy (non-hydrogen) atoms. The van der Waals surface area contributed by atoms with Gasteiger partial charge in [0, 0.05) is 26.2 Å². The van der Waals surface area contributed by atoms with Crippen molar-refractivity contribution in [2.75, 3.05) is 26.2 Å². The van der Waals surface area contributed by atoms with Crippen LogP contribution >= 0.6 is 0 Å². The first-order valence-corrected chi connectivity index (χ1v) is 8.08. The Labute approximate surface area is 131 Å². The van der Waals surface area contributed by atoms with E-state index in [4.69, 9.17) is 0 Å². The minimum Gasteiger partial charge on any atom is -0.353 e. The van der Waals surface area contributed by atoms with Crippen LogP contribution in [0, 0.1) is 0 Å². The van der Waals surface area contributed by atoms with E-state index in [-0.39, 0.29) is 24.3 Å². The lowest BCUT2D eigenvalue weighted by Gasteiger charge is -2.33. The highest BCUT2D eigenvalue weighted by Gasteiger charge is 2.29. The summed E-state index contributed by atoms with van der Waals surface area (Å²) in [5.41, 5.74) is 1.36. The van der Waals surface area contributed by atoms with Crippen LogP contribution in [0.5, 0.6) is 0 Å². The molecule has 0 aliphatic carbocycles. The van der Waals surface area contributed by atoms with Crippen LogP contribution in [0.25, 0.3) is 0 Å². The Bertz CT molecular complexity index is 524. The van der Waals surface area contributed by atoms with Gasteiger partial charge in [-0.3, -0.25) is 9.59 Å². The highest BCUT2D eigenvalue weighted by molar-refractivity contribution is 5.88. The molecule has 2 aliphatic heterocycles. The van der Waals surface area contributed by atoms with Crippen molar-refractivity contribution in [1.29, 1.82) is 0 Å². The molecule has 5 heteroatoms. The molecule has 2 aliphatic rings. The van der Waals surface area contributed by atoms with E-state index in [1.807, 2.05) is 11.0 Å². The average Bonchev–Trinajstić information content (AvgIpc) is 2.58. The van der Waals surface area contributed by atoms with Crippen molar-refractivity contribution in [2.45, 2.75) is 31.2 Å². The van der Waals surface area contributed by atoms with Crippen LogP contribution < -0.4 is 10.6 Å². The van der Waals surface area contributed by atoms with Gasteiger partial charge >= 0.3 is 0 Å². The topological polar surface area (TPSA) is 61.4 Å². The fourth-order valence-electron chi connectivity index (χ4n) is 3.30. The zero-order valence-corrected chi connectivity index (χ0v) is 12.8. The molecule has 2 heterocycles. The molecule has 1 atom stereocenters. The number of amides is 2. The van der Waals surface area contributed by atoms with Crippen molar-refractivity contribution in [3.8, 4) is 0 Å². The second-order valence-electron chi connectivity index (χ2n) is 6.07. The number of benzene rings is 1. The number of hydrogen-bond acceptors (Lipinski definition) is 3. The first-order chi connectivity index (χ1) is 10.7. The van der Waals surface area contributed by atoms with Gasteiger partial charge in [0.05, 0.1) is 12.5 Å². The SMILES string of the molecule is O=C1NCCN[C@@H]1CC(=O)N1CCC(c2ccccc2)CC1. The van der Waals surface area contributed by atoms with Gasteiger partial charge < -0.3 is 15.5 Å². The molecule has 2 N–H and O–H groups in total. The standard InChI is InChI=1S/C17H23N3O2/c21-16(12-15-17(22)19-9-8-18-15)20-10-6-14(7-11-20)13-4-2-1-3-5-13/h1-5,14-15,18H,6-12H2,(H,19,22)/t15-/m1/s1. The number of hydrogen-bond donors (Lipinski definition) is 2. The lowest BCUT2D eigenvalue weighted by molar-refractivity contribution is -0.136. The van der Waals surface area contributed by atoms with Gasteiger partial charge in [0.1, 0.15) is 0 Å². The molecule has 5 nitrogen and oxygen atoms in total. The second kappa shape index (κ2) is 6.92. The average molecular weight is 301 g/mol. The molecule has 1 aromatic rings. The summed E-state index contributed by atoms with van der Waals surface area (Å²) in [6.45, 7) is 2.95. The Kier molecular flexibility index (Phi) is 4.73. The molecule has 118 valence electrons. The predicted octanol–water partition coefficient (Wildman–Crippen LogP) is 0.871. The normalized spacial score (nSPS) is 23.2. The summed E-state index contributed by atoms with van der Waals surface area (Å²) in [7, 11) is 0. The van der Waals surface area contributed by atoms with Crippen LogP contribution in [0.1, 0.15) is 30.7 Å². The van der Waals surface area contributed by atoms with Gasteiger partial charge in [-0.05, 0) is 24.3 Å². The van der Waals surface area contributed by atoms with E-state index in [0.29, 0.717) is 12.5 Å². The molecule has 3 rings (SSSR count). The largest absolute Gasteiger partial charge is 0.353 e. The maximum atomic E-state index is 12.4. The first kappa shape index (κ1) is 15.0. The summed E-state index contributed by atoms with van der Waals surface area (Å²) in [6, 6.07) is 10.1. The third-order valence-corrected chi connectivity index (χ3v) is 4.63. The van der Waals surface area contributed by atoms with Gasteiger partial charge in [-0.1, -0.05) is 30.3 Å². The third-order valence-electron chi connectivity index (χ3n) is 4.63. The van der Waals surface area contributed by atoms with Gasteiger partial charge in [-0.15, -0.1) is 0 Å². The van der Waals surface area contributed by atoms with Gasteiger partial charge in [0.15, 0.2) is 0 Å². The molecule has 2 saturated heterocycles. The Hall–Kier alpha value is -1.88. The van der Waals surface area contributed by atoms with Gasteiger partial charge in [-0.2, -0.15) is 0 Å². The van der Waals surface area contributed by atoms with E-state index in [9.17, 15) is 9.59 Å². The highest BCUT2D eigenvalue weighted by atomic mass is 16.2. The third kappa shape index (κ3) is 3.47. The van der Waals surface area contributed by atoms with Crippen molar-refractivity contribution in [3.63, 3.8) is 0 Å². The minimum absolute atomic E-state index is 0.0567. The molecule has 0 bridgehead atoms. The number of piperazine rings is 1. The molecule has 1 aromatic carbocycles. The monoisotopic (exact) mass is 301 g/mol. The van der Waals surface area contributed by atoms with Crippen LogP contribution in [-0.4, -0.2) is 48.9 Å².